The molecule has 0 unspecified atom stereocenters. The van der Waals surface area contributed by atoms with Crippen LogP contribution >= 0.6 is 27.5 Å². The van der Waals surface area contributed by atoms with Gasteiger partial charge in [0.2, 0.25) is 0 Å². The molecule has 1 aromatic heterocycles. The first kappa shape index (κ1) is 11.6. The summed E-state index contributed by atoms with van der Waals surface area (Å²) in [6, 6.07) is 5.53. The summed E-state index contributed by atoms with van der Waals surface area (Å²) in [5.74, 6) is 0. The summed E-state index contributed by atoms with van der Waals surface area (Å²) in [6.07, 6.45) is 2.28. The van der Waals surface area contributed by atoms with Gasteiger partial charge in [0.15, 0.2) is 0 Å². The Morgan fingerprint density at radius 1 is 1.44 bits per heavy atom. The Hall–Kier alpha value is -0.910. The van der Waals surface area contributed by atoms with Crippen molar-refractivity contribution in [1.82, 2.24) is 15.0 Å². The summed E-state index contributed by atoms with van der Waals surface area (Å²) in [4.78, 5) is 0. The van der Waals surface area contributed by atoms with Crippen LogP contribution in [0, 0.1) is 0 Å². The largest absolute Gasteiger partial charge is 0.396 e. The van der Waals surface area contributed by atoms with Gasteiger partial charge in [-0.3, -0.25) is 0 Å². The molecule has 84 valence electrons. The van der Waals surface area contributed by atoms with Crippen molar-refractivity contribution in [2.24, 2.45) is 0 Å². The van der Waals surface area contributed by atoms with Gasteiger partial charge < -0.3 is 5.11 Å². The number of aliphatic hydroxyl groups is 1. The van der Waals surface area contributed by atoms with Crippen LogP contribution in [0.25, 0.3) is 5.69 Å². The Kier molecular flexibility index (Phi) is 3.58. The number of aromatic nitrogens is 3. The van der Waals surface area contributed by atoms with Crippen LogP contribution in [-0.4, -0.2) is 26.7 Å². The van der Waals surface area contributed by atoms with Gasteiger partial charge in [-0.1, -0.05) is 16.8 Å². The highest BCUT2D eigenvalue weighted by atomic mass is 79.9. The number of hydrogen-bond donors (Lipinski definition) is 1. The SMILES string of the molecule is OCCc1cn(-c2ccc(Br)c(Cl)c2)nn1. The van der Waals surface area contributed by atoms with Gasteiger partial charge in [-0.25, -0.2) is 4.68 Å². The zero-order valence-electron chi connectivity index (χ0n) is 8.27. The molecule has 0 spiro atoms. The molecule has 6 heteroatoms. The summed E-state index contributed by atoms with van der Waals surface area (Å²) >= 11 is 9.30. The lowest BCUT2D eigenvalue weighted by molar-refractivity contribution is 0.298. The maximum absolute atomic E-state index is 8.78. The molecule has 0 amide bonds. The van der Waals surface area contributed by atoms with Crippen LogP contribution in [0.1, 0.15) is 5.69 Å². The fraction of sp³-hybridized carbons (Fsp3) is 0.200. The second-order valence-electron chi connectivity index (χ2n) is 3.23. The normalized spacial score (nSPS) is 10.7. The molecule has 0 fully saturated rings. The highest BCUT2D eigenvalue weighted by Crippen LogP contribution is 2.24. The van der Waals surface area contributed by atoms with Crippen LogP contribution in [0.2, 0.25) is 5.02 Å². The molecule has 1 N–H and O–H groups in total. The first-order chi connectivity index (χ1) is 7.70. The maximum Gasteiger partial charge on any atom is 0.0854 e. The Labute approximate surface area is 106 Å². The summed E-state index contributed by atoms with van der Waals surface area (Å²) in [7, 11) is 0. The lowest BCUT2D eigenvalue weighted by atomic mass is 10.3. The van der Waals surface area contributed by atoms with Crippen LogP contribution in [0.15, 0.2) is 28.9 Å². The monoisotopic (exact) mass is 301 g/mol. The van der Waals surface area contributed by atoms with E-state index in [1.54, 1.807) is 16.9 Å². The second-order valence-corrected chi connectivity index (χ2v) is 4.49. The predicted molar refractivity (Wildman–Crippen MR) is 64.9 cm³/mol. The topological polar surface area (TPSA) is 50.9 Å². The number of rotatable bonds is 3. The van der Waals surface area contributed by atoms with Crippen LogP contribution in [0.4, 0.5) is 0 Å². The second kappa shape index (κ2) is 4.95. The van der Waals surface area contributed by atoms with E-state index in [-0.39, 0.29) is 6.61 Å². The first-order valence-electron chi connectivity index (χ1n) is 4.68. The molecular weight excluding hydrogens is 293 g/mol. The van der Waals surface area contributed by atoms with Gasteiger partial charge in [0.05, 0.1) is 22.6 Å². The molecule has 0 aliphatic heterocycles. The molecule has 0 bridgehead atoms. The third-order valence-electron chi connectivity index (χ3n) is 2.08. The number of halogens is 2. The third-order valence-corrected chi connectivity index (χ3v) is 3.31. The van der Waals surface area contributed by atoms with E-state index in [0.29, 0.717) is 11.4 Å². The maximum atomic E-state index is 8.78. The molecular formula is C10H9BrClN3O. The fourth-order valence-corrected chi connectivity index (χ4v) is 1.70. The third kappa shape index (κ3) is 2.42. The van der Waals surface area contributed by atoms with Gasteiger partial charge in [0.25, 0.3) is 0 Å². The molecule has 0 saturated carbocycles. The minimum absolute atomic E-state index is 0.0692. The zero-order chi connectivity index (χ0) is 11.5. The van der Waals surface area contributed by atoms with Crippen molar-refractivity contribution in [3.05, 3.63) is 39.6 Å². The van der Waals surface area contributed by atoms with Crippen molar-refractivity contribution in [3.8, 4) is 5.69 Å². The molecule has 0 aliphatic carbocycles. The van der Waals surface area contributed by atoms with E-state index >= 15 is 0 Å². The Bertz CT molecular complexity index is 501. The summed E-state index contributed by atoms with van der Waals surface area (Å²) in [6.45, 7) is 0.0692. The first-order valence-corrected chi connectivity index (χ1v) is 5.85. The van der Waals surface area contributed by atoms with Crippen molar-refractivity contribution in [1.29, 1.82) is 0 Å². The van der Waals surface area contributed by atoms with Crippen LogP contribution < -0.4 is 0 Å². The van der Waals surface area contributed by atoms with Crippen molar-refractivity contribution >= 4 is 27.5 Å². The van der Waals surface area contributed by atoms with E-state index in [9.17, 15) is 0 Å². The molecule has 4 nitrogen and oxygen atoms in total. The van der Waals surface area contributed by atoms with Crippen LogP contribution in [-0.2, 0) is 6.42 Å². The van der Waals surface area contributed by atoms with E-state index in [2.05, 4.69) is 26.2 Å². The molecule has 16 heavy (non-hydrogen) atoms. The van der Waals surface area contributed by atoms with E-state index in [0.717, 1.165) is 15.9 Å². The summed E-state index contributed by atoms with van der Waals surface area (Å²) in [5, 5.41) is 17.3. The zero-order valence-corrected chi connectivity index (χ0v) is 10.6. The minimum atomic E-state index is 0.0692. The van der Waals surface area contributed by atoms with E-state index in [1.807, 2.05) is 12.1 Å². The molecule has 1 aromatic carbocycles. The Balaban J connectivity index is 2.31. The predicted octanol–water partition coefficient (Wildman–Crippen LogP) is 2.22. The highest BCUT2D eigenvalue weighted by Gasteiger charge is 2.04. The van der Waals surface area contributed by atoms with Crippen LogP contribution in [0.3, 0.4) is 0 Å². The number of hydrogen-bond acceptors (Lipinski definition) is 3. The molecule has 0 saturated heterocycles. The number of benzene rings is 1. The molecule has 0 radical (unpaired) electrons. The molecule has 0 atom stereocenters. The Morgan fingerprint density at radius 2 is 2.25 bits per heavy atom. The smallest absolute Gasteiger partial charge is 0.0854 e. The van der Waals surface area contributed by atoms with Crippen molar-refractivity contribution in [2.75, 3.05) is 6.61 Å². The van der Waals surface area contributed by atoms with Crippen molar-refractivity contribution in [2.45, 2.75) is 6.42 Å². The minimum Gasteiger partial charge on any atom is -0.396 e. The van der Waals surface area contributed by atoms with Crippen LogP contribution in [0.5, 0.6) is 0 Å². The van der Waals surface area contributed by atoms with Gasteiger partial charge in [-0.05, 0) is 34.1 Å². The fourth-order valence-electron chi connectivity index (χ4n) is 1.28. The molecule has 1 heterocycles. The van der Waals surface area contributed by atoms with Gasteiger partial charge in [-0.2, -0.15) is 0 Å². The van der Waals surface area contributed by atoms with E-state index in [4.69, 9.17) is 16.7 Å². The van der Waals surface area contributed by atoms with E-state index in [1.165, 1.54) is 0 Å². The summed E-state index contributed by atoms with van der Waals surface area (Å²) < 4.78 is 2.47. The summed E-state index contributed by atoms with van der Waals surface area (Å²) in [5.41, 5.74) is 1.59. The average Bonchev–Trinajstić information content (AvgIpc) is 2.71. The average molecular weight is 303 g/mol. The molecule has 2 rings (SSSR count). The lowest BCUT2D eigenvalue weighted by Gasteiger charge is -2.01. The molecule has 2 aromatic rings. The van der Waals surface area contributed by atoms with Crippen molar-refractivity contribution in [3.63, 3.8) is 0 Å². The van der Waals surface area contributed by atoms with Crippen molar-refractivity contribution < 1.29 is 5.11 Å². The quantitative estimate of drug-likeness (QED) is 0.946. The van der Waals surface area contributed by atoms with Gasteiger partial charge in [0.1, 0.15) is 0 Å². The lowest BCUT2D eigenvalue weighted by Crippen LogP contribution is -1.94. The van der Waals surface area contributed by atoms with Gasteiger partial charge >= 0.3 is 0 Å². The van der Waals surface area contributed by atoms with Gasteiger partial charge in [0, 0.05) is 17.5 Å². The van der Waals surface area contributed by atoms with Gasteiger partial charge in [-0.15, -0.1) is 5.10 Å². The number of aliphatic hydroxyl groups excluding tert-OH is 1. The Morgan fingerprint density at radius 3 is 2.94 bits per heavy atom. The standard InChI is InChI=1S/C10H9BrClN3O/c11-9-2-1-8(5-10(9)12)15-6-7(3-4-16)13-14-15/h1-2,5-6,16H,3-4H2. The van der Waals surface area contributed by atoms with E-state index < -0.39 is 0 Å². The number of nitrogens with zero attached hydrogens (tertiary/aromatic N) is 3. The highest BCUT2D eigenvalue weighted by molar-refractivity contribution is 9.10. The molecule has 0 aliphatic rings.